The lowest BCUT2D eigenvalue weighted by Crippen LogP contribution is -2.09. The van der Waals surface area contributed by atoms with Crippen LogP contribution in [0.4, 0.5) is 0 Å². The van der Waals surface area contributed by atoms with Crippen molar-refractivity contribution in [3.8, 4) is 0 Å². The van der Waals surface area contributed by atoms with Crippen LogP contribution in [0.5, 0.6) is 0 Å². The Bertz CT molecular complexity index is 548. The molecule has 0 saturated heterocycles. The van der Waals surface area contributed by atoms with Crippen LogP contribution in [0.15, 0.2) is 39.8 Å². The molecule has 18 heavy (non-hydrogen) atoms. The first-order valence-corrected chi connectivity index (χ1v) is 7.32. The molecule has 0 amide bonds. The number of ketones is 1. The lowest BCUT2D eigenvalue weighted by molar-refractivity contribution is 0.101. The van der Waals surface area contributed by atoms with Crippen molar-refractivity contribution in [3.05, 3.63) is 45.7 Å². The molecule has 0 unspecified atom stereocenters. The summed E-state index contributed by atoms with van der Waals surface area (Å²) < 4.78 is 2.53. The number of aryl methyl sites for hydroxylation is 1. The summed E-state index contributed by atoms with van der Waals surface area (Å²) in [5, 5.41) is 4.35. The zero-order chi connectivity index (χ0) is 13.1. The number of benzene rings is 1. The van der Waals surface area contributed by atoms with E-state index in [0.717, 1.165) is 9.37 Å². The van der Waals surface area contributed by atoms with Crippen LogP contribution in [0.2, 0.25) is 5.02 Å². The Morgan fingerprint density at radius 3 is 2.67 bits per heavy atom. The minimum atomic E-state index is -0.0204. The van der Waals surface area contributed by atoms with Gasteiger partial charge in [0.15, 0.2) is 5.78 Å². The number of hydrogen-bond acceptors (Lipinski definition) is 3. The first-order valence-electron chi connectivity index (χ1n) is 5.17. The van der Waals surface area contributed by atoms with Crippen molar-refractivity contribution in [2.75, 3.05) is 5.75 Å². The highest BCUT2D eigenvalue weighted by atomic mass is 79.9. The van der Waals surface area contributed by atoms with E-state index < -0.39 is 0 Å². The Morgan fingerprint density at radius 2 is 2.11 bits per heavy atom. The SMILES string of the molecule is Cn1ncc(Cl)c1C(=O)CSc1ccc(Br)cc1. The van der Waals surface area contributed by atoms with Gasteiger partial charge in [0.25, 0.3) is 0 Å². The van der Waals surface area contributed by atoms with E-state index in [1.165, 1.54) is 22.6 Å². The van der Waals surface area contributed by atoms with Gasteiger partial charge in [-0.1, -0.05) is 27.5 Å². The molecule has 0 aliphatic carbocycles. The number of carbonyl (C=O) groups is 1. The molecule has 1 heterocycles. The van der Waals surface area contributed by atoms with Crippen LogP contribution >= 0.6 is 39.3 Å². The quantitative estimate of drug-likeness (QED) is 0.624. The van der Waals surface area contributed by atoms with E-state index in [0.29, 0.717) is 16.5 Å². The summed E-state index contributed by atoms with van der Waals surface area (Å²) in [4.78, 5) is 13.1. The van der Waals surface area contributed by atoms with Gasteiger partial charge in [0, 0.05) is 16.4 Å². The number of aromatic nitrogens is 2. The third kappa shape index (κ3) is 3.16. The maximum absolute atomic E-state index is 12.0. The van der Waals surface area contributed by atoms with Crippen molar-refractivity contribution in [1.82, 2.24) is 9.78 Å². The summed E-state index contributed by atoms with van der Waals surface area (Å²) in [5.74, 6) is 0.328. The molecule has 0 saturated carbocycles. The van der Waals surface area contributed by atoms with E-state index in [4.69, 9.17) is 11.6 Å². The Labute approximate surface area is 123 Å². The van der Waals surface area contributed by atoms with Gasteiger partial charge in [-0.15, -0.1) is 11.8 Å². The minimum Gasteiger partial charge on any atom is -0.291 e. The van der Waals surface area contributed by atoms with E-state index in [1.807, 2.05) is 24.3 Å². The molecule has 0 fully saturated rings. The van der Waals surface area contributed by atoms with Crippen molar-refractivity contribution < 1.29 is 4.79 Å². The fourth-order valence-corrected chi connectivity index (χ4v) is 2.77. The molecule has 0 N–H and O–H groups in total. The normalized spacial score (nSPS) is 10.6. The van der Waals surface area contributed by atoms with Crippen LogP contribution in [0.25, 0.3) is 0 Å². The van der Waals surface area contributed by atoms with Crippen LogP contribution in [-0.2, 0) is 7.05 Å². The summed E-state index contributed by atoms with van der Waals surface area (Å²) in [6.45, 7) is 0. The van der Waals surface area contributed by atoms with Gasteiger partial charge in [-0.05, 0) is 24.3 Å². The standard InChI is InChI=1S/C12H10BrClN2OS/c1-16-12(10(14)6-15-16)11(17)7-18-9-4-2-8(13)3-5-9/h2-6H,7H2,1H3. The predicted molar refractivity (Wildman–Crippen MR) is 77.4 cm³/mol. The van der Waals surface area contributed by atoms with Crippen LogP contribution in [0, 0.1) is 0 Å². The van der Waals surface area contributed by atoms with Gasteiger partial charge in [-0.2, -0.15) is 5.10 Å². The summed E-state index contributed by atoms with van der Waals surface area (Å²) in [5.41, 5.74) is 0.460. The van der Waals surface area contributed by atoms with Gasteiger partial charge in [0.1, 0.15) is 5.69 Å². The number of carbonyl (C=O) groups excluding carboxylic acids is 1. The van der Waals surface area contributed by atoms with E-state index in [2.05, 4.69) is 21.0 Å². The average molecular weight is 346 g/mol. The number of hydrogen-bond donors (Lipinski definition) is 0. The van der Waals surface area contributed by atoms with Crippen molar-refractivity contribution >= 4 is 45.1 Å². The molecular weight excluding hydrogens is 336 g/mol. The zero-order valence-electron chi connectivity index (χ0n) is 9.56. The maximum Gasteiger partial charge on any atom is 0.192 e. The number of thioether (sulfide) groups is 1. The van der Waals surface area contributed by atoms with Crippen LogP contribution in [0.1, 0.15) is 10.5 Å². The Hall–Kier alpha value is -0.780. The highest BCUT2D eigenvalue weighted by molar-refractivity contribution is 9.10. The summed E-state index contributed by atoms with van der Waals surface area (Å²) >= 11 is 10.8. The molecule has 0 radical (unpaired) electrons. The highest BCUT2D eigenvalue weighted by Gasteiger charge is 2.15. The van der Waals surface area contributed by atoms with E-state index >= 15 is 0 Å². The Balaban J connectivity index is 2.03. The van der Waals surface area contributed by atoms with Crippen molar-refractivity contribution in [2.45, 2.75) is 4.90 Å². The molecule has 1 aromatic heterocycles. The number of Topliss-reactive ketones (excluding diaryl/α,β-unsaturated/α-hetero) is 1. The van der Waals surface area contributed by atoms with Crippen LogP contribution in [-0.4, -0.2) is 21.3 Å². The highest BCUT2D eigenvalue weighted by Crippen LogP contribution is 2.23. The second-order valence-corrected chi connectivity index (χ2v) is 6.00. The Kier molecular flexibility index (Phi) is 4.48. The predicted octanol–water partition coefficient (Wildman–Crippen LogP) is 3.81. The van der Waals surface area contributed by atoms with Gasteiger partial charge >= 0.3 is 0 Å². The van der Waals surface area contributed by atoms with Crippen LogP contribution < -0.4 is 0 Å². The third-order valence-corrected chi connectivity index (χ3v) is 4.16. The molecule has 2 rings (SSSR count). The molecule has 0 bridgehead atoms. The number of halogens is 2. The summed E-state index contributed by atoms with van der Waals surface area (Å²) in [7, 11) is 1.71. The number of nitrogens with zero attached hydrogens (tertiary/aromatic N) is 2. The smallest absolute Gasteiger partial charge is 0.192 e. The third-order valence-electron chi connectivity index (χ3n) is 2.34. The monoisotopic (exact) mass is 344 g/mol. The molecule has 3 nitrogen and oxygen atoms in total. The number of rotatable bonds is 4. The topological polar surface area (TPSA) is 34.9 Å². The zero-order valence-corrected chi connectivity index (χ0v) is 12.7. The van der Waals surface area contributed by atoms with Gasteiger partial charge < -0.3 is 0 Å². The molecule has 94 valence electrons. The van der Waals surface area contributed by atoms with E-state index in [9.17, 15) is 4.79 Å². The molecule has 1 aromatic carbocycles. The van der Waals surface area contributed by atoms with Gasteiger partial charge in [-0.3, -0.25) is 9.48 Å². The molecule has 0 spiro atoms. The minimum absolute atomic E-state index is 0.0204. The molecule has 0 aliphatic rings. The largest absolute Gasteiger partial charge is 0.291 e. The van der Waals surface area contributed by atoms with Gasteiger partial charge in [0.05, 0.1) is 17.0 Å². The molecule has 0 atom stereocenters. The van der Waals surface area contributed by atoms with Crippen molar-refractivity contribution in [2.24, 2.45) is 7.05 Å². The first kappa shape index (κ1) is 13.6. The fraction of sp³-hybridized carbons (Fsp3) is 0.167. The maximum atomic E-state index is 12.0. The summed E-state index contributed by atoms with van der Waals surface area (Å²) in [6.07, 6.45) is 1.49. The second-order valence-electron chi connectivity index (χ2n) is 3.63. The van der Waals surface area contributed by atoms with Crippen molar-refractivity contribution in [3.63, 3.8) is 0 Å². The lowest BCUT2D eigenvalue weighted by Gasteiger charge is -2.03. The molecule has 2 aromatic rings. The van der Waals surface area contributed by atoms with E-state index in [1.54, 1.807) is 7.05 Å². The van der Waals surface area contributed by atoms with E-state index in [-0.39, 0.29) is 5.78 Å². The molecule has 6 heteroatoms. The first-order chi connectivity index (χ1) is 8.58. The van der Waals surface area contributed by atoms with Crippen LogP contribution in [0.3, 0.4) is 0 Å². The lowest BCUT2D eigenvalue weighted by atomic mass is 10.3. The molecular formula is C12H10BrClN2OS. The summed E-state index contributed by atoms with van der Waals surface area (Å²) in [6, 6.07) is 7.83. The van der Waals surface area contributed by atoms with Gasteiger partial charge in [-0.25, -0.2) is 0 Å². The molecule has 0 aliphatic heterocycles. The van der Waals surface area contributed by atoms with Crippen molar-refractivity contribution in [1.29, 1.82) is 0 Å². The fourth-order valence-electron chi connectivity index (χ4n) is 1.47. The average Bonchev–Trinajstić information content (AvgIpc) is 2.68. The van der Waals surface area contributed by atoms with Gasteiger partial charge in [0.2, 0.25) is 0 Å². The second kappa shape index (κ2) is 5.91. The Morgan fingerprint density at radius 1 is 1.44 bits per heavy atom.